The number of aryl methyl sites for hydroxylation is 1. The van der Waals surface area contributed by atoms with Crippen LogP contribution in [0.1, 0.15) is 51.0 Å². The second-order valence-corrected chi connectivity index (χ2v) is 4.03. The molecule has 0 aliphatic rings. The van der Waals surface area contributed by atoms with Crippen molar-refractivity contribution in [1.82, 2.24) is 0 Å². The Bertz CT molecular complexity index is 296. The molecule has 1 aromatic heterocycles. The lowest BCUT2D eigenvalue weighted by Gasteiger charge is -2.00. The lowest BCUT2D eigenvalue weighted by molar-refractivity contribution is 0.478. The second-order valence-electron chi connectivity index (χ2n) is 4.03. The third-order valence-electron chi connectivity index (χ3n) is 2.61. The van der Waals surface area contributed by atoms with Crippen LogP contribution < -0.4 is 5.55 Å². The van der Waals surface area contributed by atoms with E-state index in [2.05, 4.69) is 6.92 Å². The Morgan fingerprint density at radius 2 is 1.80 bits per heavy atom. The van der Waals surface area contributed by atoms with Gasteiger partial charge in [-0.25, -0.2) is 0 Å². The van der Waals surface area contributed by atoms with Crippen LogP contribution in [0.2, 0.25) is 0 Å². The van der Waals surface area contributed by atoms with Gasteiger partial charge in [0.2, 0.25) is 5.55 Å². The number of unbranched alkanes of at least 4 members (excludes halogenated alkanes) is 5. The molecule has 0 unspecified atom stereocenters. The van der Waals surface area contributed by atoms with E-state index in [0.29, 0.717) is 0 Å². The predicted molar refractivity (Wildman–Crippen MR) is 61.6 cm³/mol. The van der Waals surface area contributed by atoms with Gasteiger partial charge in [-0.3, -0.25) is 5.41 Å². The molecule has 0 aliphatic heterocycles. The van der Waals surface area contributed by atoms with E-state index in [1.54, 1.807) is 12.3 Å². The lowest BCUT2D eigenvalue weighted by atomic mass is 10.1. The summed E-state index contributed by atoms with van der Waals surface area (Å²) >= 11 is 0. The van der Waals surface area contributed by atoms with Gasteiger partial charge in [0.25, 0.3) is 0 Å². The quantitative estimate of drug-likeness (QED) is 0.681. The van der Waals surface area contributed by atoms with E-state index in [1.807, 2.05) is 6.07 Å². The molecule has 0 amide bonds. The molecule has 0 saturated heterocycles. The molecule has 84 valence electrons. The highest BCUT2D eigenvalue weighted by molar-refractivity contribution is 5.05. The average Bonchev–Trinajstić information content (AvgIpc) is 2.26. The largest absolute Gasteiger partial charge is 0.447 e. The number of hydrogen-bond acceptors (Lipinski definition) is 2. The number of nitrogens with one attached hydrogen (secondary N) is 1. The number of rotatable bonds is 7. The Hall–Kier alpha value is -1.05. The molecule has 1 rings (SSSR count). The first-order valence-corrected chi connectivity index (χ1v) is 5.95. The minimum absolute atomic E-state index is 0.238. The van der Waals surface area contributed by atoms with E-state index in [1.165, 1.54) is 44.1 Å². The predicted octanol–water partition coefficient (Wildman–Crippen LogP) is 3.66. The highest BCUT2D eigenvalue weighted by atomic mass is 16.3. The van der Waals surface area contributed by atoms with Crippen molar-refractivity contribution in [2.45, 2.75) is 51.9 Å². The fourth-order valence-corrected chi connectivity index (χ4v) is 1.65. The van der Waals surface area contributed by atoms with E-state index in [-0.39, 0.29) is 5.55 Å². The first-order valence-electron chi connectivity index (χ1n) is 5.95. The summed E-state index contributed by atoms with van der Waals surface area (Å²) in [5.74, 6) is 0. The molecule has 0 aliphatic carbocycles. The van der Waals surface area contributed by atoms with Gasteiger partial charge in [-0.1, -0.05) is 45.1 Å². The van der Waals surface area contributed by atoms with Gasteiger partial charge in [0.1, 0.15) is 0 Å². The summed E-state index contributed by atoms with van der Waals surface area (Å²) in [5, 5.41) is 7.21. The zero-order valence-electron chi connectivity index (χ0n) is 9.59. The molecule has 0 radical (unpaired) electrons. The molecular weight excluding hydrogens is 186 g/mol. The molecule has 0 bridgehead atoms. The highest BCUT2D eigenvalue weighted by Crippen LogP contribution is 2.08. The molecular formula is C13H21NO. The number of hydrogen-bond donors (Lipinski definition) is 1. The molecule has 0 atom stereocenters. The topological polar surface area (TPSA) is 37.0 Å². The summed E-state index contributed by atoms with van der Waals surface area (Å²) in [4.78, 5) is 0. The molecule has 0 saturated carbocycles. The minimum Gasteiger partial charge on any atom is -0.447 e. The summed E-state index contributed by atoms with van der Waals surface area (Å²) in [7, 11) is 0. The van der Waals surface area contributed by atoms with Gasteiger partial charge < -0.3 is 4.42 Å². The maximum absolute atomic E-state index is 7.21. The van der Waals surface area contributed by atoms with Gasteiger partial charge in [-0.05, 0) is 18.4 Å². The SMILES string of the molecule is CCCCCCCCc1ccc(=N)oc1. The van der Waals surface area contributed by atoms with Crippen molar-refractivity contribution in [2.24, 2.45) is 0 Å². The normalized spacial score (nSPS) is 10.5. The van der Waals surface area contributed by atoms with Crippen LogP contribution in [0.4, 0.5) is 0 Å². The molecule has 2 nitrogen and oxygen atoms in total. The molecule has 2 heteroatoms. The summed E-state index contributed by atoms with van der Waals surface area (Å²) in [6.07, 6.45) is 10.7. The van der Waals surface area contributed by atoms with Crippen LogP contribution in [0.5, 0.6) is 0 Å². The zero-order valence-corrected chi connectivity index (χ0v) is 9.59. The standard InChI is InChI=1S/C13H21NO/c1-2-3-4-5-6-7-8-12-9-10-13(14)15-11-12/h9-11,14H,2-8H2,1H3. The van der Waals surface area contributed by atoms with Gasteiger partial charge in [0, 0.05) is 6.07 Å². The highest BCUT2D eigenvalue weighted by Gasteiger charge is 1.94. The van der Waals surface area contributed by atoms with Crippen molar-refractivity contribution in [2.75, 3.05) is 0 Å². The van der Waals surface area contributed by atoms with Crippen LogP contribution in [0.15, 0.2) is 22.8 Å². The van der Waals surface area contributed by atoms with Gasteiger partial charge >= 0.3 is 0 Å². The van der Waals surface area contributed by atoms with Crippen LogP contribution in [-0.2, 0) is 6.42 Å². The van der Waals surface area contributed by atoms with Crippen LogP contribution >= 0.6 is 0 Å². The molecule has 0 aromatic carbocycles. The molecule has 0 fully saturated rings. The van der Waals surface area contributed by atoms with Crippen molar-refractivity contribution >= 4 is 0 Å². The van der Waals surface area contributed by atoms with E-state index in [9.17, 15) is 0 Å². The van der Waals surface area contributed by atoms with Gasteiger partial charge in [-0.2, -0.15) is 0 Å². The van der Waals surface area contributed by atoms with Crippen LogP contribution in [-0.4, -0.2) is 0 Å². The third-order valence-corrected chi connectivity index (χ3v) is 2.61. The van der Waals surface area contributed by atoms with Gasteiger partial charge in [0.15, 0.2) is 0 Å². The Balaban J connectivity index is 2.10. The molecule has 1 aromatic rings. The summed E-state index contributed by atoms with van der Waals surface area (Å²) in [5.41, 5.74) is 1.45. The maximum Gasteiger partial charge on any atom is 0.210 e. The van der Waals surface area contributed by atoms with Crippen molar-refractivity contribution in [1.29, 1.82) is 5.41 Å². The lowest BCUT2D eigenvalue weighted by Crippen LogP contribution is -1.96. The summed E-state index contributed by atoms with van der Waals surface area (Å²) < 4.78 is 5.02. The summed E-state index contributed by atoms with van der Waals surface area (Å²) in [6, 6.07) is 3.70. The third kappa shape index (κ3) is 5.40. The fraction of sp³-hybridized carbons (Fsp3) is 0.615. The monoisotopic (exact) mass is 207 g/mol. The Morgan fingerprint density at radius 1 is 1.07 bits per heavy atom. The van der Waals surface area contributed by atoms with E-state index in [0.717, 1.165) is 6.42 Å². The van der Waals surface area contributed by atoms with Crippen LogP contribution in [0.25, 0.3) is 0 Å². The minimum atomic E-state index is 0.238. The van der Waals surface area contributed by atoms with Crippen LogP contribution in [0, 0.1) is 5.41 Å². The Morgan fingerprint density at radius 3 is 2.47 bits per heavy atom. The molecule has 15 heavy (non-hydrogen) atoms. The van der Waals surface area contributed by atoms with Crippen molar-refractivity contribution in [3.05, 3.63) is 29.5 Å². The van der Waals surface area contributed by atoms with Crippen molar-refractivity contribution in [3.63, 3.8) is 0 Å². The van der Waals surface area contributed by atoms with Gasteiger partial charge in [-0.15, -0.1) is 0 Å². The fourth-order valence-electron chi connectivity index (χ4n) is 1.65. The molecule has 1 N–H and O–H groups in total. The summed E-state index contributed by atoms with van der Waals surface area (Å²) in [6.45, 7) is 2.24. The van der Waals surface area contributed by atoms with E-state index in [4.69, 9.17) is 9.83 Å². The molecule has 0 spiro atoms. The first-order chi connectivity index (χ1) is 7.33. The Labute approximate surface area is 91.8 Å². The smallest absolute Gasteiger partial charge is 0.210 e. The first kappa shape index (κ1) is 12.0. The zero-order chi connectivity index (χ0) is 10.9. The van der Waals surface area contributed by atoms with Crippen molar-refractivity contribution in [3.8, 4) is 0 Å². The second kappa shape index (κ2) is 7.27. The maximum atomic E-state index is 7.21. The Kier molecular flexibility index (Phi) is 5.83. The van der Waals surface area contributed by atoms with E-state index < -0.39 is 0 Å². The average molecular weight is 207 g/mol. The van der Waals surface area contributed by atoms with Gasteiger partial charge in [0.05, 0.1) is 6.26 Å². The molecule has 1 heterocycles. The van der Waals surface area contributed by atoms with Crippen molar-refractivity contribution < 1.29 is 4.42 Å². The van der Waals surface area contributed by atoms with E-state index >= 15 is 0 Å². The van der Waals surface area contributed by atoms with Crippen LogP contribution in [0.3, 0.4) is 0 Å².